The first-order valence-corrected chi connectivity index (χ1v) is 5.31. The number of alkyl halides is 3. The van der Waals surface area contributed by atoms with Crippen LogP contribution in [0.4, 0.5) is 23.7 Å². The third kappa shape index (κ3) is 3.97. The molecule has 0 saturated carbocycles. The standard InChI is InChI=1S/C11H8F3N3O3/c12-11(13,14)5-19-10(18)16-8-3-1-2-7(4-8)9-17-15-6-20-9/h1-4,6H,5H2,(H,16,18). The molecule has 0 aliphatic rings. The van der Waals surface area contributed by atoms with Crippen LogP contribution in [0.1, 0.15) is 0 Å². The van der Waals surface area contributed by atoms with Gasteiger partial charge in [0.05, 0.1) is 0 Å². The molecule has 1 heterocycles. The van der Waals surface area contributed by atoms with Gasteiger partial charge < -0.3 is 9.15 Å². The van der Waals surface area contributed by atoms with Crippen LogP contribution in [0.15, 0.2) is 35.1 Å². The molecule has 0 aliphatic carbocycles. The van der Waals surface area contributed by atoms with E-state index in [1.165, 1.54) is 12.1 Å². The molecule has 20 heavy (non-hydrogen) atoms. The molecule has 0 radical (unpaired) electrons. The van der Waals surface area contributed by atoms with Crippen LogP contribution < -0.4 is 5.32 Å². The normalized spacial score (nSPS) is 11.2. The second-order valence-corrected chi connectivity index (χ2v) is 3.64. The fourth-order valence-corrected chi connectivity index (χ4v) is 1.33. The fraction of sp³-hybridized carbons (Fsp3) is 0.182. The Morgan fingerprint density at radius 3 is 2.85 bits per heavy atom. The maximum absolute atomic E-state index is 11.9. The SMILES string of the molecule is O=C(Nc1cccc(-c2nnco2)c1)OCC(F)(F)F. The van der Waals surface area contributed by atoms with Crippen LogP contribution in [-0.2, 0) is 4.74 Å². The number of hydrogen-bond donors (Lipinski definition) is 1. The van der Waals surface area contributed by atoms with Gasteiger partial charge in [0.2, 0.25) is 12.3 Å². The maximum Gasteiger partial charge on any atom is 0.422 e. The molecule has 0 unspecified atom stereocenters. The molecule has 0 spiro atoms. The van der Waals surface area contributed by atoms with Crippen LogP contribution in [0, 0.1) is 0 Å². The zero-order valence-corrected chi connectivity index (χ0v) is 9.85. The quantitative estimate of drug-likeness (QED) is 0.939. The highest BCUT2D eigenvalue weighted by Crippen LogP contribution is 2.20. The summed E-state index contributed by atoms with van der Waals surface area (Å²) in [5, 5.41) is 9.32. The minimum Gasteiger partial charge on any atom is -0.440 e. The van der Waals surface area contributed by atoms with Crippen molar-refractivity contribution in [1.29, 1.82) is 0 Å². The summed E-state index contributed by atoms with van der Waals surface area (Å²) in [5.74, 6) is 0.220. The average Bonchev–Trinajstić information content (AvgIpc) is 2.90. The molecular formula is C11H8F3N3O3. The Morgan fingerprint density at radius 1 is 1.40 bits per heavy atom. The molecule has 1 N–H and O–H groups in total. The van der Waals surface area contributed by atoms with Crippen molar-refractivity contribution in [3.05, 3.63) is 30.7 Å². The van der Waals surface area contributed by atoms with Crippen molar-refractivity contribution in [2.24, 2.45) is 0 Å². The van der Waals surface area contributed by atoms with Crippen molar-refractivity contribution in [2.75, 3.05) is 11.9 Å². The number of anilines is 1. The molecule has 0 bridgehead atoms. The van der Waals surface area contributed by atoms with Crippen LogP contribution in [0.25, 0.3) is 11.5 Å². The molecule has 0 saturated heterocycles. The molecule has 0 fully saturated rings. The molecule has 0 atom stereocenters. The lowest BCUT2D eigenvalue weighted by atomic mass is 10.2. The van der Waals surface area contributed by atoms with E-state index in [9.17, 15) is 18.0 Å². The lowest BCUT2D eigenvalue weighted by Crippen LogP contribution is -2.23. The smallest absolute Gasteiger partial charge is 0.422 e. The number of carbonyl (C=O) groups is 1. The van der Waals surface area contributed by atoms with Crippen molar-refractivity contribution in [3.63, 3.8) is 0 Å². The van der Waals surface area contributed by atoms with E-state index in [0.717, 1.165) is 6.39 Å². The van der Waals surface area contributed by atoms with Crippen LogP contribution in [-0.4, -0.2) is 29.1 Å². The number of amides is 1. The highest BCUT2D eigenvalue weighted by molar-refractivity contribution is 5.85. The van der Waals surface area contributed by atoms with Crippen molar-refractivity contribution >= 4 is 11.8 Å². The summed E-state index contributed by atoms with van der Waals surface area (Å²) in [6, 6.07) is 6.15. The van der Waals surface area contributed by atoms with Gasteiger partial charge in [-0.1, -0.05) is 6.07 Å². The molecule has 1 amide bonds. The van der Waals surface area contributed by atoms with Gasteiger partial charge in [-0.15, -0.1) is 10.2 Å². The highest BCUT2D eigenvalue weighted by atomic mass is 19.4. The summed E-state index contributed by atoms with van der Waals surface area (Å²) in [4.78, 5) is 11.2. The summed E-state index contributed by atoms with van der Waals surface area (Å²) in [6.45, 7) is -1.65. The fourth-order valence-electron chi connectivity index (χ4n) is 1.33. The van der Waals surface area contributed by atoms with Crippen molar-refractivity contribution in [1.82, 2.24) is 10.2 Å². The van der Waals surface area contributed by atoms with Gasteiger partial charge in [0.25, 0.3) is 0 Å². The summed E-state index contributed by atoms with van der Waals surface area (Å²) in [6.07, 6.45) is -4.64. The Hall–Kier alpha value is -2.58. The zero-order chi connectivity index (χ0) is 14.6. The van der Waals surface area contributed by atoms with E-state index in [4.69, 9.17) is 4.42 Å². The topological polar surface area (TPSA) is 77.3 Å². The third-order valence-corrected chi connectivity index (χ3v) is 2.08. The summed E-state index contributed by atoms with van der Waals surface area (Å²) in [5.41, 5.74) is 0.754. The first-order chi connectivity index (χ1) is 9.44. The maximum atomic E-state index is 11.9. The van der Waals surface area contributed by atoms with Crippen LogP contribution in [0.5, 0.6) is 0 Å². The Kier molecular flexibility index (Phi) is 3.87. The predicted octanol–water partition coefficient (Wildman–Crippen LogP) is 2.85. The number of aromatic nitrogens is 2. The van der Waals surface area contributed by atoms with Gasteiger partial charge in [0, 0.05) is 11.3 Å². The number of hydrogen-bond acceptors (Lipinski definition) is 5. The molecule has 0 aliphatic heterocycles. The number of nitrogens with one attached hydrogen (secondary N) is 1. The van der Waals surface area contributed by atoms with E-state index in [0.29, 0.717) is 5.56 Å². The van der Waals surface area contributed by atoms with E-state index in [1.807, 2.05) is 0 Å². The molecule has 106 valence electrons. The number of benzene rings is 1. The summed E-state index contributed by atoms with van der Waals surface area (Å²) in [7, 11) is 0. The monoisotopic (exact) mass is 287 g/mol. The predicted molar refractivity (Wildman–Crippen MR) is 60.8 cm³/mol. The van der Waals surface area contributed by atoms with E-state index < -0.39 is 18.9 Å². The number of ether oxygens (including phenoxy) is 1. The van der Waals surface area contributed by atoms with Gasteiger partial charge in [0.1, 0.15) is 0 Å². The van der Waals surface area contributed by atoms with Crippen LogP contribution in [0.3, 0.4) is 0 Å². The lowest BCUT2D eigenvalue weighted by Gasteiger charge is -2.09. The van der Waals surface area contributed by atoms with E-state index >= 15 is 0 Å². The second-order valence-electron chi connectivity index (χ2n) is 3.64. The number of rotatable bonds is 3. The largest absolute Gasteiger partial charge is 0.440 e. The number of halogens is 3. The van der Waals surface area contributed by atoms with Gasteiger partial charge in [0.15, 0.2) is 6.61 Å². The van der Waals surface area contributed by atoms with E-state index in [-0.39, 0.29) is 11.6 Å². The first kappa shape index (κ1) is 13.8. The van der Waals surface area contributed by atoms with E-state index in [1.54, 1.807) is 12.1 Å². The van der Waals surface area contributed by atoms with E-state index in [2.05, 4.69) is 20.3 Å². The number of carbonyl (C=O) groups excluding carboxylic acids is 1. The van der Waals surface area contributed by atoms with Gasteiger partial charge >= 0.3 is 12.3 Å². The first-order valence-electron chi connectivity index (χ1n) is 5.31. The Bertz CT molecular complexity index is 584. The zero-order valence-electron chi connectivity index (χ0n) is 9.85. The molecule has 9 heteroatoms. The van der Waals surface area contributed by atoms with Crippen molar-refractivity contribution in [2.45, 2.75) is 6.18 Å². The number of nitrogens with zero attached hydrogens (tertiary/aromatic N) is 2. The third-order valence-electron chi connectivity index (χ3n) is 2.08. The lowest BCUT2D eigenvalue weighted by molar-refractivity contribution is -0.159. The van der Waals surface area contributed by atoms with Gasteiger partial charge in [-0.05, 0) is 18.2 Å². The molecular weight excluding hydrogens is 279 g/mol. The van der Waals surface area contributed by atoms with Crippen molar-refractivity contribution in [3.8, 4) is 11.5 Å². The van der Waals surface area contributed by atoms with Gasteiger partial charge in [-0.3, -0.25) is 5.32 Å². The molecule has 2 rings (SSSR count). The highest BCUT2D eigenvalue weighted by Gasteiger charge is 2.29. The Balaban J connectivity index is 2.00. The van der Waals surface area contributed by atoms with Crippen LogP contribution >= 0.6 is 0 Å². The minimum absolute atomic E-state index is 0.220. The Morgan fingerprint density at radius 2 is 2.20 bits per heavy atom. The summed E-state index contributed by atoms with van der Waals surface area (Å²) < 4.78 is 44.6. The van der Waals surface area contributed by atoms with Gasteiger partial charge in [-0.25, -0.2) is 4.79 Å². The molecule has 1 aromatic carbocycles. The van der Waals surface area contributed by atoms with Crippen molar-refractivity contribution < 1.29 is 27.1 Å². The minimum atomic E-state index is -4.57. The Labute approximate surface area is 110 Å². The average molecular weight is 287 g/mol. The molecule has 1 aromatic heterocycles. The second kappa shape index (κ2) is 5.59. The van der Waals surface area contributed by atoms with Crippen LogP contribution in [0.2, 0.25) is 0 Å². The van der Waals surface area contributed by atoms with Gasteiger partial charge in [-0.2, -0.15) is 13.2 Å². The molecule has 6 nitrogen and oxygen atoms in total. The molecule has 2 aromatic rings. The summed E-state index contributed by atoms with van der Waals surface area (Å²) >= 11 is 0.